The highest BCUT2D eigenvalue weighted by Gasteiger charge is 2.41. The Morgan fingerprint density at radius 1 is 0.979 bits per heavy atom. The maximum Gasteiger partial charge on any atom is 0.258 e. The van der Waals surface area contributed by atoms with Crippen molar-refractivity contribution in [3.05, 3.63) is 64.9 Å². The molecule has 3 aliphatic rings. The van der Waals surface area contributed by atoms with Crippen LogP contribution in [-0.4, -0.2) is 104 Å². The molecule has 1 atom stereocenters. The molecular weight excluding hydrogens is 630 g/mol. The number of sulfonamides is 1. The summed E-state index contributed by atoms with van der Waals surface area (Å²) >= 11 is 0. The maximum atomic E-state index is 14.0. The first-order valence-corrected chi connectivity index (χ1v) is 17.1. The first-order chi connectivity index (χ1) is 22.2. The zero-order chi connectivity index (χ0) is 33.7. The van der Waals surface area contributed by atoms with Crippen molar-refractivity contribution >= 4 is 39.0 Å². The molecule has 3 aromatic rings. The molecule has 3 N–H and O–H groups in total. The zero-order valence-electron chi connectivity index (χ0n) is 26.9. The average Bonchev–Trinajstić information content (AvgIpc) is 3.63. The number of nitrogens with zero attached hydrogens (tertiary/aromatic N) is 5. The van der Waals surface area contributed by atoms with Crippen molar-refractivity contribution in [1.82, 2.24) is 24.3 Å². The number of nitrogens with one attached hydrogen (secondary N) is 3. The highest BCUT2D eigenvalue weighted by molar-refractivity contribution is 7.89. The lowest BCUT2D eigenvalue weighted by molar-refractivity contribution is -0.119. The topological polar surface area (TPSA) is 134 Å². The number of aromatic amines is 1. The normalized spacial score (nSPS) is 20.6. The van der Waals surface area contributed by atoms with Gasteiger partial charge in [0.2, 0.25) is 15.9 Å². The first kappa shape index (κ1) is 33.0. The van der Waals surface area contributed by atoms with Gasteiger partial charge in [-0.25, -0.2) is 17.2 Å². The first-order valence-electron chi connectivity index (χ1n) is 15.7. The third kappa shape index (κ3) is 6.62. The van der Waals surface area contributed by atoms with Gasteiger partial charge in [-0.3, -0.25) is 19.6 Å². The number of anilines is 3. The van der Waals surface area contributed by atoms with E-state index in [1.165, 1.54) is 0 Å². The van der Waals surface area contributed by atoms with Crippen LogP contribution in [0.4, 0.5) is 26.0 Å². The number of hydrogen-bond acceptors (Lipinski definition) is 8. The molecule has 47 heavy (non-hydrogen) atoms. The van der Waals surface area contributed by atoms with E-state index < -0.39 is 37.9 Å². The molecule has 2 aromatic carbocycles. The zero-order valence-corrected chi connectivity index (χ0v) is 27.8. The number of likely N-dealkylation sites (N-methyl/N-ethyl adjacent to an activating group) is 2. The van der Waals surface area contributed by atoms with Gasteiger partial charge in [-0.2, -0.15) is 9.40 Å². The van der Waals surface area contributed by atoms with Gasteiger partial charge in [0.05, 0.1) is 22.2 Å². The van der Waals surface area contributed by atoms with Crippen LogP contribution in [0.25, 0.3) is 0 Å². The van der Waals surface area contributed by atoms with Crippen LogP contribution in [0, 0.1) is 11.6 Å². The van der Waals surface area contributed by atoms with E-state index in [0.29, 0.717) is 23.0 Å². The summed E-state index contributed by atoms with van der Waals surface area (Å²) in [5, 5.41) is 13.1. The fourth-order valence-corrected chi connectivity index (χ4v) is 8.27. The van der Waals surface area contributed by atoms with Crippen LogP contribution in [0.1, 0.15) is 48.3 Å². The van der Waals surface area contributed by atoms with Crippen LogP contribution in [0.5, 0.6) is 0 Å². The molecule has 1 aromatic heterocycles. The number of H-pyrrole nitrogens is 1. The molecule has 3 aliphatic heterocycles. The van der Waals surface area contributed by atoms with Gasteiger partial charge in [0.25, 0.3) is 5.91 Å². The summed E-state index contributed by atoms with van der Waals surface area (Å²) in [5.41, 5.74) is 1.77. The molecule has 0 radical (unpaired) electrons. The molecule has 2 fully saturated rings. The molecule has 15 heteroatoms. The number of carbonyl (C=O) groups excluding carboxylic acids is 2. The number of halogens is 2. The number of hydrogen-bond donors (Lipinski definition) is 3. The molecule has 6 rings (SSSR count). The number of amides is 2. The summed E-state index contributed by atoms with van der Waals surface area (Å²) in [4.78, 5) is 33.2. The molecule has 0 unspecified atom stereocenters. The van der Waals surface area contributed by atoms with Crippen molar-refractivity contribution in [1.29, 1.82) is 0 Å². The second-order valence-electron chi connectivity index (χ2n) is 13.3. The van der Waals surface area contributed by atoms with Gasteiger partial charge in [0.1, 0.15) is 11.6 Å². The van der Waals surface area contributed by atoms with E-state index >= 15 is 0 Å². The molecule has 252 valence electrons. The van der Waals surface area contributed by atoms with Crippen LogP contribution in [0.3, 0.4) is 0 Å². The molecule has 0 spiro atoms. The van der Waals surface area contributed by atoms with Gasteiger partial charge in [-0.05, 0) is 63.8 Å². The third-order valence-corrected chi connectivity index (χ3v) is 11.1. The van der Waals surface area contributed by atoms with Crippen molar-refractivity contribution in [2.75, 3.05) is 68.9 Å². The fraction of sp³-hybridized carbons (Fsp3) is 0.469. The van der Waals surface area contributed by atoms with Gasteiger partial charge in [-0.1, -0.05) is 13.8 Å². The van der Waals surface area contributed by atoms with Crippen molar-refractivity contribution < 1.29 is 26.8 Å². The minimum Gasteiger partial charge on any atom is -0.369 e. The van der Waals surface area contributed by atoms with E-state index in [4.69, 9.17) is 0 Å². The second-order valence-corrected chi connectivity index (χ2v) is 15.2. The van der Waals surface area contributed by atoms with Crippen molar-refractivity contribution in [2.45, 2.75) is 49.6 Å². The van der Waals surface area contributed by atoms with Crippen LogP contribution < -0.4 is 15.5 Å². The average molecular weight is 671 g/mol. The summed E-state index contributed by atoms with van der Waals surface area (Å²) in [6, 6.07) is 7.22. The van der Waals surface area contributed by atoms with Crippen molar-refractivity contribution in [2.24, 2.45) is 0 Å². The lowest BCUT2D eigenvalue weighted by atomic mass is 9.84. The highest BCUT2D eigenvalue weighted by atomic mass is 32.2. The fourth-order valence-electron chi connectivity index (χ4n) is 6.66. The Balaban J connectivity index is 1.29. The van der Waals surface area contributed by atoms with Gasteiger partial charge >= 0.3 is 0 Å². The Bertz CT molecular complexity index is 1790. The number of aromatic nitrogens is 2. The third-order valence-electron chi connectivity index (χ3n) is 9.35. The predicted octanol–water partition coefficient (Wildman–Crippen LogP) is 3.21. The number of carbonyl (C=O) groups is 2. The Hall–Kier alpha value is -3.92. The maximum absolute atomic E-state index is 14.0. The molecular formula is C32H40F2N8O4S. The number of likely N-dealkylation sites (tertiary alicyclic amines) is 1. The van der Waals surface area contributed by atoms with Crippen LogP contribution in [0.15, 0.2) is 41.3 Å². The van der Waals surface area contributed by atoms with E-state index in [9.17, 15) is 26.8 Å². The summed E-state index contributed by atoms with van der Waals surface area (Å²) in [7, 11) is -0.335. The van der Waals surface area contributed by atoms with Gasteiger partial charge in [-0.15, -0.1) is 0 Å². The Morgan fingerprint density at radius 2 is 1.68 bits per heavy atom. The molecule has 0 aliphatic carbocycles. The van der Waals surface area contributed by atoms with E-state index in [1.54, 1.807) is 6.07 Å². The van der Waals surface area contributed by atoms with E-state index in [-0.39, 0.29) is 36.4 Å². The quantitative estimate of drug-likeness (QED) is 0.349. The molecule has 2 amide bonds. The SMILES string of the molecule is CN1CCN(c2ccc(C(=O)Nc3n[nH]c4c3CN(S(=O)(=O)c3cc(F)cc(F)c3)CC4(C)C)c(NC(=O)[C@@H]3CCCN3C)c2)CC1. The summed E-state index contributed by atoms with van der Waals surface area (Å²) in [6.07, 6.45) is 1.63. The number of piperazine rings is 1. The second kappa shape index (κ2) is 12.6. The van der Waals surface area contributed by atoms with Gasteiger partial charge < -0.3 is 20.4 Å². The Morgan fingerprint density at radius 3 is 2.34 bits per heavy atom. The molecule has 12 nitrogen and oxygen atoms in total. The summed E-state index contributed by atoms with van der Waals surface area (Å²) in [5.74, 6) is -2.61. The molecule has 0 bridgehead atoms. The molecule has 0 saturated carbocycles. The monoisotopic (exact) mass is 670 g/mol. The van der Waals surface area contributed by atoms with E-state index in [0.717, 1.165) is 67.7 Å². The molecule has 4 heterocycles. The van der Waals surface area contributed by atoms with Gasteiger partial charge in [0.15, 0.2) is 5.82 Å². The lowest BCUT2D eigenvalue weighted by Crippen LogP contribution is -2.45. The van der Waals surface area contributed by atoms with Crippen LogP contribution >= 0.6 is 0 Å². The predicted molar refractivity (Wildman–Crippen MR) is 174 cm³/mol. The van der Waals surface area contributed by atoms with Crippen molar-refractivity contribution in [3.8, 4) is 0 Å². The number of benzene rings is 2. The van der Waals surface area contributed by atoms with Crippen LogP contribution in [0.2, 0.25) is 0 Å². The van der Waals surface area contributed by atoms with Gasteiger partial charge in [0, 0.05) is 67.7 Å². The van der Waals surface area contributed by atoms with E-state index in [1.807, 2.05) is 37.9 Å². The van der Waals surface area contributed by atoms with E-state index in [2.05, 4.69) is 37.7 Å². The Labute approximate surface area is 273 Å². The lowest BCUT2D eigenvalue weighted by Gasteiger charge is -2.36. The molecule has 2 saturated heterocycles. The number of fused-ring (bicyclic) bond motifs is 1. The van der Waals surface area contributed by atoms with Crippen LogP contribution in [-0.2, 0) is 26.8 Å². The van der Waals surface area contributed by atoms with Crippen molar-refractivity contribution in [3.63, 3.8) is 0 Å². The largest absolute Gasteiger partial charge is 0.369 e. The summed E-state index contributed by atoms with van der Waals surface area (Å²) < 4.78 is 56.2. The summed E-state index contributed by atoms with van der Waals surface area (Å²) in [6.45, 7) is 7.64. The smallest absolute Gasteiger partial charge is 0.258 e. The Kier molecular flexibility index (Phi) is 8.84. The minimum absolute atomic E-state index is 0.00952. The highest BCUT2D eigenvalue weighted by Crippen LogP contribution is 2.38. The minimum atomic E-state index is -4.31. The standard InChI is InChI=1S/C32H40F2N8O4S/c1-32(2)19-42(47(45,46)23-15-20(33)14-21(34)16-23)18-25-28(32)37-38-29(25)36-30(43)24-8-7-22(41-12-10-39(3)11-13-41)17-26(24)35-31(44)27-6-5-9-40(27)4/h7-8,14-17,27H,5-6,9-13,18-19H2,1-4H3,(H,35,44)(H2,36,37,38,43)/t27-/m0/s1. The number of rotatable bonds is 7.